The molecule has 0 fully saturated rings. The zero-order chi connectivity index (χ0) is 32.2. The van der Waals surface area contributed by atoms with Crippen LogP contribution >= 0.6 is 0 Å². The number of carboxylic acid groups (broad SMARTS) is 2. The third kappa shape index (κ3) is 7.65. The molecule has 0 saturated carbocycles. The van der Waals surface area contributed by atoms with E-state index in [9.17, 15) is 39.3 Å². The molecule has 48 heavy (non-hydrogen) atoms. The number of aromatic carboxylic acids is 2. The van der Waals surface area contributed by atoms with Gasteiger partial charge in [-0.2, -0.15) is 9.69 Å². The SMILES string of the molecule is Cc1c(C=CC=c2c(C)c3c([nH]c2=O)=NN(c2cccc(C(=O)[O-])c2)C3=O)c([O-])[nH]c2nn(-c3cccc(C(=O)[O-])c3)c(=O)c1-2.[K+].[K+].[K+]. The molecule has 2 N–H and O–H groups in total. The van der Waals surface area contributed by atoms with E-state index in [0.717, 1.165) is 9.69 Å². The Balaban J connectivity index is 0.00000208. The molecule has 1 aromatic heterocycles. The number of aromatic nitrogens is 4. The number of rotatable bonds is 6. The molecular formula is C31H19K3N6O8. The van der Waals surface area contributed by atoms with Crippen LogP contribution in [0.1, 0.15) is 47.8 Å². The molecule has 0 unspecified atom stereocenters. The molecule has 0 aliphatic carbocycles. The predicted octanol–water partition coefficient (Wildman–Crippen LogP) is -10.5. The maximum atomic E-state index is 13.3. The van der Waals surface area contributed by atoms with E-state index in [1.54, 1.807) is 13.8 Å². The number of hydrogen-bond acceptors (Lipinski definition) is 10. The van der Waals surface area contributed by atoms with E-state index in [-0.39, 0.29) is 210 Å². The van der Waals surface area contributed by atoms with E-state index in [4.69, 9.17) is 0 Å². The minimum Gasteiger partial charge on any atom is -0.860 e. The Morgan fingerprint density at radius 2 is 1.44 bits per heavy atom. The van der Waals surface area contributed by atoms with Crippen molar-refractivity contribution >= 4 is 35.7 Å². The summed E-state index contributed by atoms with van der Waals surface area (Å²) in [6.07, 6.45) is 4.22. The number of benzene rings is 2. The molecule has 0 radical (unpaired) electrons. The zero-order valence-electron chi connectivity index (χ0n) is 26.4. The Bertz CT molecular complexity index is 2360. The number of anilines is 1. The van der Waals surface area contributed by atoms with Crippen molar-refractivity contribution in [2.45, 2.75) is 13.8 Å². The van der Waals surface area contributed by atoms with Crippen molar-refractivity contribution < 1.29 is 184 Å². The van der Waals surface area contributed by atoms with Crippen LogP contribution in [0.5, 0.6) is 5.88 Å². The molecule has 0 spiro atoms. The van der Waals surface area contributed by atoms with Crippen LogP contribution in [-0.2, 0) is 0 Å². The number of nitrogens with zero attached hydrogens (tertiary/aromatic N) is 4. The molecule has 0 atom stereocenters. The summed E-state index contributed by atoms with van der Waals surface area (Å²) >= 11 is 0. The smallest absolute Gasteiger partial charge is 0.860 e. The average molecular weight is 721 g/mol. The second-order valence-corrected chi connectivity index (χ2v) is 10.1. The summed E-state index contributed by atoms with van der Waals surface area (Å²) in [4.78, 5) is 67.1. The fourth-order valence-corrected chi connectivity index (χ4v) is 5.14. The normalized spacial score (nSPS) is 12.2. The van der Waals surface area contributed by atoms with Gasteiger partial charge in [-0.25, -0.2) is 0 Å². The van der Waals surface area contributed by atoms with Crippen molar-refractivity contribution in [1.29, 1.82) is 0 Å². The molecule has 6 rings (SSSR count). The molecule has 0 saturated heterocycles. The van der Waals surface area contributed by atoms with E-state index in [2.05, 4.69) is 20.2 Å². The van der Waals surface area contributed by atoms with Crippen LogP contribution in [0.2, 0.25) is 0 Å². The molecule has 0 bridgehead atoms. The molecule has 4 heterocycles. The monoisotopic (exact) mass is 720 g/mol. The second kappa shape index (κ2) is 16.6. The first-order chi connectivity index (χ1) is 21.5. The summed E-state index contributed by atoms with van der Waals surface area (Å²) < 4.78 is 0.979. The second-order valence-electron chi connectivity index (χ2n) is 10.1. The summed E-state index contributed by atoms with van der Waals surface area (Å²) in [5.41, 5.74) is -0.197. The number of amides is 1. The Kier molecular flexibility index (Phi) is 14.1. The van der Waals surface area contributed by atoms with E-state index in [0.29, 0.717) is 11.1 Å². The van der Waals surface area contributed by atoms with Crippen LogP contribution in [0, 0.1) is 13.8 Å². The molecule has 14 nitrogen and oxygen atoms in total. The van der Waals surface area contributed by atoms with E-state index in [1.807, 2.05) is 0 Å². The van der Waals surface area contributed by atoms with Gasteiger partial charge in [-0.05, 0) is 77.9 Å². The third-order valence-electron chi connectivity index (χ3n) is 7.38. The third-order valence-corrected chi connectivity index (χ3v) is 7.38. The Morgan fingerprint density at radius 3 is 2.06 bits per heavy atom. The van der Waals surface area contributed by atoms with Crippen LogP contribution in [0.4, 0.5) is 5.69 Å². The number of carbonyl (C=O) groups excluding carboxylic acids is 3. The van der Waals surface area contributed by atoms with Crippen molar-refractivity contribution in [2.24, 2.45) is 5.10 Å². The van der Waals surface area contributed by atoms with Gasteiger partial charge >= 0.3 is 154 Å². The van der Waals surface area contributed by atoms with Gasteiger partial charge in [-0.15, -0.1) is 10.2 Å². The van der Waals surface area contributed by atoms with Gasteiger partial charge in [0.15, 0.2) is 11.3 Å². The van der Waals surface area contributed by atoms with E-state index in [1.165, 1.54) is 66.8 Å². The molecule has 3 aliphatic heterocycles. The topological polar surface area (TPSA) is 220 Å². The molecular weight excluding hydrogens is 702 g/mol. The van der Waals surface area contributed by atoms with Crippen molar-refractivity contribution in [3.05, 3.63) is 119 Å². The number of allylic oxidation sites excluding steroid dienone is 1. The van der Waals surface area contributed by atoms with Crippen molar-refractivity contribution in [2.75, 3.05) is 5.01 Å². The maximum absolute atomic E-state index is 13.3. The van der Waals surface area contributed by atoms with Crippen molar-refractivity contribution in [1.82, 2.24) is 19.7 Å². The summed E-state index contributed by atoms with van der Waals surface area (Å²) in [5.74, 6) is -4.00. The first kappa shape index (κ1) is 40.8. The van der Waals surface area contributed by atoms with Crippen LogP contribution < -0.4 is 196 Å². The minimum absolute atomic E-state index is 0. The van der Waals surface area contributed by atoms with Gasteiger partial charge in [-0.3, -0.25) is 14.4 Å². The van der Waals surface area contributed by atoms with Gasteiger partial charge in [0.1, 0.15) is 0 Å². The molecule has 3 aromatic rings. The zero-order valence-corrected chi connectivity index (χ0v) is 35.8. The van der Waals surface area contributed by atoms with Gasteiger partial charge in [0, 0.05) is 5.22 Å². The molecule has 3 aliphatic rings. The largest absolute Gasteiger partial charge is 1.00 e. The number of pyridine rings is 2. The number of hydrogen-bond donors (Lipinski definition) is 2. The van der Waals surface area contributed by atoms with Gasteiger partial charge in [0.05, 0.1) is 34.4 Å². The number of carbonyl (C=O) groups is 3. The number of aromatic amines is 2. The van der Waals surface area contributed by atoms with Gasteiger partial charge in [0.2, 0.25) is 0 Å². The van der Waals surface area contributed by atoms with Gasteiger partial charge in [-0.1, -0.05) is 36.4 Å². The van der Waals surface area contributed by atoms with Crippen LogP contribution in [0.3, 0.4) is 0 Å². The van der Waals surface area contributed by atoms with Gasteiger partial charge in [0.25, 0.3) is 17.0 Å². The van der Waals surface area contributed by atoms with E-state index < -0.39 is 34.8 Å². The maximum Gasteiger partial charge on any atom is 1.00 e. The summed E-state index contributed by atoms with van der Waals surface area (Å²) in [6, 6.07) is 10.9. The van der Waals surface area contributed by atoms with Crippen molar-refractivity contribution in [3.63, 3.8) is 0 Å². The Morgan fingerprint density at radius 1 is 0.833 bits per heavy atom. The van der Waals surface area contributed by atoms with Gasteiger partial charge < -0.3 is 34.9 Å². The number of fused-ring (bicyclic) bond motifs is 2. The first-order valence-corrected chi connectivity index (χ1v) is 13.3. The van der Waals surface area contributed by atoms with Crippen LogP contribution in [-0.4, -0.2) is 37.6 Å². The van der Waals surface area contributed by atoms with Crippen LogP contribution in [0.15, 0.2) is 69.3 Å². The molecule has 224 valence electrons. The standard InChI is InChI=1S/C31H22N6O8.3K/c1-14-20(26(38)32-24-22(14)28(40)36(34-24)18-8-3-6-16(12-18)30(42)43)10-5-11-21-15(2)23-25(33-27(21)39)35-37(29(23)41)19-9-4-7-17(13-19)31(44)45;;;/h3-13H,1-2H3,(H,42,43)(H,44,45)(H,32,34,38)(H2,33,35,39);;;/q;3*+1/p-3. The minimum atomic E-state index is -1.42. The predicted molar refractivity (Wildman–Crippen MR) is 153 cm³/mol. The number of carboxylic acids is 2. The first-order valence-electron chi connectivity index (χ1n) is 13.3. The Labute approximate surface area is 398 Å². The quantitative estimate of drug-likeness (QED) is 0.159. The Hall–Kier alpha value is -1.66. The summed E-state index contributed by atoms with van der Waals surface area (Å²) in [7, 11) is 0. The fraction of sp³-hybridized carbons (Fsp3) is 0.0645. The number of nitrogens with one attached hydrogen (secondary N) is 2. The summed E-state index contributed by atoms with van der Waals surface area (Å²) in [6.45, 7) is 3.11. The molecule has 1 amide bonds. The molecule has 2 aromatic carbocycles. The fourth-order valence-electron chi connectivity index (χ4n) is 5.14. The summed E-state index contributed by atoms with van der Waals surface area (Å²) in [5, 5.41) is 44.9. The van der Waals surface area contributed by atoms with E-state index >= 15 is 0 Å². The average Bonchev–Trinajstić information content (AvgIpc) is 3.52. The van der Waals surface area contributed by atoms with Crippen molar-refractivity contribution in [3.8, 4) is 23.0 Å². The molecule has 17 heteroatoms. The van der Waals surface area contributed by atoms with Crippen LogP contribution in [0.25, 0.3) is 29.2 Å². The number of H-pyrrole nitrogens is 2.